The Morgan fingerprint density at radius 2 is 2.42 bits per heavy atom. The van der Waals surface area contributed by atoms with Crippen molar-refractivity contribution in [2.45, 2.75) is 26.0 Å². The molecule has 0 bridgehead atoms. The molecule has 2 unspecified atom stereocenters. The summed E-state index contributed by atoms with van der Waals surface area (Å²) in [6.07, 6.45) is 1.02. The monoisotopic (exact) mass is 267 g/mol. The van der Waals surface area contributed by atoms with Gasteiger partial charge in [0.25, 0.3) is 5.69 Å². The number of aromatic nitrogens is 1. The predicted molar refractivity (Wildman–Crippen MR) is 69.3 cm³/mol. The third-order valence-electron chi connectivity index (χ3n) is 3.23. The second-order valence-corrected chi connectivity index (χ2v) is 4.73. The van der Waals surface area contributed by atoms with Crippen LogP contribution in [0.1, 0.15) is 12.5 Å². The van der Waals surface area contributed by atoms with E-state index >= 15 is 0 Å². The normalized spacial score (nSPS) is 23.4. The second-order valence-electron chi connectivity index (χ2n) is 4.73. The first kappa shape index (κ1) is 13.7. The van der Waals surface area contributed by atoms with Crippen molar-refractivity contribution >= 4 is 11.5 Å². The number of hydrogen-bond donors (Lipinski definition) is 1. The van der Waals surface area contributed by atoms with E-state index in [1.165, 1.54) is 12.3 Å². The standard InChI is InChI=1S/C12H17N3O4/c1-8-3-10(15(17)18)4-13-12(8)14-5-11(6-16)19-7-9(14)2/h3-4,9,11,16H,5-7H2,1-2H3. The summed E-state index contributed by atoms with van der Waals surface area (Å²) >= 11 is 0. The number of rotatable bonds is 3. The molecule has 1 aliphatic rings. The summed E-state index contributed by atoms with van der Waals surface area (Å²) in [4.78, 5) is 16.5. The minimum absolute atomic E-state index is 0.0131. The Balaban J connectivity index is 2.27. The zero-order valence-electron chi connectivity index (χ0n) is 10.9. The van der Waals surface area contributed by atoms with Crippen LogP contribution in [0, 0.1) is 17.0 Å². The van der Waals surface area contributed by atoms with Gasteiger partial charge in [0, 0.05) is 12.6 Å². The summed E-state index contributed by atoms with van der Waals surface area (Å²) in [5.74, 6) is 0.708. The summed E-state index contributed by atoms with van der Waals surface area (Å²) in [6.45, 7) is 4.78. The number of nitrogens with zero attached hydrogens (tertiary/aromatic N) is 3. The van der Waals surface area contributed by atoms with Gasteiger partial charge >= 0.3 is 0 Å². The van der Waals surface area contributed by atoms with Crippen molar-refractivity contribution in [2.75, 3.05) is 24.7 Å². The maximum absolute atomic E-state index is 10.7. The third-order valence-corrected chi connectivity index (χ3v) is 3.23. The summed E-state index contributed by atoms with van der Waals surface area (Å²) in [5, 5.41) is 19.9. The van der Waals surface area contributed by atoms with E-state index in [4.69, 9.17) is 9.84 Å². The van der Waals surface area contributed by atoms with Gasteiger partial charge in [0.05, 0.1) is 30.3 Å². The van der Waals surface area contributed by atoms with Crippen LogP contribution in [-0.4, -0.2) is 46.9 Å². The van der Waals surface area contributed by atoms with E-state index in [1.54, 1.807) is 6.92 Å². The molecule has 0 aromatic carbocycles. The van der Waals surface area contributed by atoms with Crippen LogP contribution in [-0.2, 0) is 4.74 Å². The van der Waals surface area contributed by atoms with E-state index in [-0.39, 0.29) is 24.4 Å². The van der Waals surface area contributed by atoms with Crippen LogP contribution in [0.15, 0.2) is 12.3 Å². The van der Waals surface area contributed by atoms with Crippen LogP contribution in [0.5, 0.6) is 0 Å². The van der Waals surface area contributed by atoms with Crippen molar-refractivity contribution < 1.29 is 14.8 Å². The van der Waals surface area contributed by atoms with Crippen LogP contribution in [0.2, 0.25) is 0 Å². The average molecular weight is 267 g/mol. The Morgan fingerprint density at radius 3 is 3.00 bits per heavy atom. The van der Waals surface area contributed by atoms with Crippen molar-refractivity contribution in [2.24, 2.45) is 0 Å². The number of aliphatic hydroxyl groups is 1. The van der Waals surface area contributed by atoms with Gasteiger partial charge < -0.3 is 14.7 Å². The van der Waals surface area contributed by atoms with Gasteiger partial charge in [-0.05, 0) is 19.4 Å². The predicted octanol–water partition coefficient (Wildman–Crippen LogP) is 0.884. The molecule has 7 heteroatoms. The van der Waals surface area contributed by atoms with Crippen LogP contribution < -0.4 is 4.90 Å². The lowest BCUT2D eigenvalue weighted by Crippen LogP contribution is -2.50. The molecule has 1 aliphatic heterocycles. The van der Waals surface area contributed by atoms with Crippen molar-refractivity contribution in [1.29, 1.82) is 0 Å². The van der Waals surface area contributed by atoms with Gasteiger partial charge in [-0.15, -0.1) is 0 Å². The number of ether oxygens (including phenoxy) is 1. The molecule has 0 spiro atoms. The highest BCUT2D eigenvalue weighted by molar-refractivity contribution is 5.51. The fraction of sp³-hybridized carbons (Fsp3) is 0.583. The zero-order chi connectivity index (χ0) is 14.0. The molecule has 104 valence electrons. The topological polar surface area (TPSA) is 88.7 Å². The minimum atomic E-state index is -0.455. The summed E-state index contributed by atoms with van der Waals surface area (Å²) in [5.41, 5.74) is 0.737. The maximum Gasteiger partial charge on any atom is 0.287 e. The Bertz CT molecular complexity index is 480. The van der Waals surface area contributed by atoms with Gasteiger partial charge in [-0.25, -0.2) is 4.98 Å². The molecule has 7 nitrogen and oxygen atoms in total. The fourth-order valence-electron chi connectivity index (χ4n) is 2.18. The summed E-state index contributed by atoms with van der Waals surface area (Å²) in [6, 6.07) is 1.63. The van der Waals surface area contributed by atoms with E-state index in [9.17, 15) is 10.1 Å². The summed E-state index contributed by atoms with van der Waals surface area (Å²) in [7, 11) is 0. The molecule has 1 N–H and O–H groups in total. The molecule has 0 aliphatic carbocycles. The van der Waals surface area contributed by atoms with Gasteiger partial charge in [0.1, 0.15) is 12.0 Å². The Morgan fingerprint density at radius 1 is 1.68 bits per heavy atom. The molecule has 2 rings (SSSR count). The Labute approximate surface area is 111 Å². The van der Waals surface area contributed by atoms with E-state index in [2.05, 4.69) is 4.98 Å². The molecule has 2 atom stereocenters. The maximum atomic E-state index is 10.7. The first-order valence-electron chi connectivity index (χ1n) is 6.13. The zero-order valence-corrected chi connectivity index (χ0v) is 10.9. The number of aliphatic hydroxyl groups excluding tert-OH is 1. The first-order valence-corrected chi connectivity index (χ1v) is 6.13. The van der Waals surface area contributed by atoms with Crippen molar-refractivity contribution in [3.8, 4) is 0 Å². The highest BCUT2D eigenvalue weighted by atomic mass is 16.6. The highest BCUT2D eigenvalue weighted by Crippen LogP contribution is 2.25. The van der Waals surface area contributed by atoms with E-state index in [0.29, 0.717) is 19.0 Å². The Hall–Kier alpha value is -1.73. The number of aryl methyl sites for hydroxylation is 1. The Kier molecular flexibility index (Phi) is 3.96. The smallest absolute Gasteiger partial charge is 0.287 e. The molecule has 1 fully saturated rings. The van der Waals surface area contributed by atoms with Gasteiger partial charge in [-0.3, -0.25) is 10.1 Å². The number of anilines is 1. The lowest BCUT2D eigenvalue weighted by Gasteiger charge is -2.38. The van der Waals surface area contributed by atoms with Crippen LogP contribution >= 0.6 is 0 Å². The molecule has 19 heavy (non-hydrogen) atoms. The van der Waals surface area contributed by atoms with Gasteiger partial charge in [-0.2, -0.15) is 0 Å². The van der Waals surface area contributed by atoms with Crippen molar-refractivity contribution in [3.63, 3.8) is 0 Å². The fourth-order valence-corrected chi connectivity index (χ4v) is 2.18. The van der Waals surface area contributed by atoms with Crippen molar-refractivity contribution in [3.05, 3.63) is 27.9 Å². The number of pyridine rings is 1. The van der Waals surface area contributed by atoms with Crippen LogP contribution in [0.3, 0.4) is 0 Å². The molecule has 1 aromatic rings. The van der Waals surface area contributed by atoms with Gasteiger partial charge in [0.15, 0.2) is 0 Å². The first-order chi connectivity index (χ1) is 9.02. The van der Waals surface area contributed by atoms with E-state index in [0.717, 1.165) is 5.56 Å². The molecular formula is C12H17N3O4. The molecule has 1 saturated heterocycles. The summed E-state index contributed by atoms with van der Waals surface area (Å²) < 4.78 is 5.47. The van der Waals surface area contributed by atoms with Gasteiger partial charge in [0.2, 0.25) is 0 Å². The number of morpholine rings is 1. The van der Waals surface area contributed by atoms with Gasteiger partial charge in [-0.1, -0.05) is 0 Å². The van der Waals surface area contributed by atoms with E-state index in [1.807, 2.05) is 11.8 Å². The second kappa shape index (κ2) is 5.50. The highest BCUT2D eigenvalue weighted by Gasteiger charge is 2.28. The molecule has 1 aromatic heterocycles. The largest absolute Gasteiger partial charge is 0.394 e. The lowest BCUT2D eigenvalue weighted by molar-refractivity contribution is -0.385. The third kappa shape index (κ3) is 2.82. The van der Waals surface area contributed by atoms with Crippen LogP contribution in [0.4, 0.5) is 11.5 Å². The SMILES string of the molecule is Cc1cc([N+](=O)[O-])cnc1N1CC(CO)OCC1C. The number of hydrogen-bond acceptors (Lipinski definition) is 6. The molecular weight excluding hydrogens is 250 g/mol. The lowest BCUT2D eigenvalue weighted by atomic mass is 10.1. The average Bonchev–Trinajstić information content (AvgIpc) is 2.39. The quantitative estimate of drug-likeness (QED) is 0.646. The van der Waals surface area contributed by atoms with E-state index < -0.39 is 4.92 Å². The van der Waals surface area contributed by atoms with Crippen molar-refractivity contribution in [1.82, 2.24) is 4.98 Å². The molecule has 0 saturated carbocycles. The van der Waals surface area contributed by atoms with Crippen LogP contribution in [0.25, 0.3) is 0 Å². The molecule has 0 amide bonds. The minimum Gasteiger partial charge on any atom is -0.394 e. The molecule has 2 heterocycles. The molecule has 0 radical (unpaired) electrons. The number of nitro groups is 1.